The van der Waals surface area contributed by atoms with E-state index in [1.807, 2.05) is 6.07 Å². The summed E-state index contributed by atoms with van der Waals surface area (Å²) in [5.74, 6) is 1.39. The number of fused-ring (bicyclic) bond motifs is 9. The molecule has 4 heterocycles. The number of rotatable bonds is 4. The summed E-state index contributed by atoms with van der Waals surface area (Å²) in [4.78, 5) is 10.5. The maximum absolute atomic E-state index is 6.48. The van der Waals surface area contributed by atoms with E-state index in [1.165, 1.54) is 32.7 Å². The van der Waals surface area contributed by atoms with Crippen molar-refractivity contribution < 1.29 is 4.42 Å². The highest BCUT2D eigenvalue weighted by Gasteiger charge is 2.24. The SMILES string of the molecule is c1ccc(-c2ccc3c(c2)c2ccccc2n3-c2ccc3oc4ccc(C5=NC(n6c7ccccc7c7ccccc76)=NC(c6ccccc6)N5)cc4c3c2)cc1. The smallest absolute Gasteiger partial charge is 0.234 e. The van der Waals surface area contributed by atoms with Gasteiger partial charge >= 0.3 is 0 Å². The molecule has 0 bridgehead atoms. The number of nitrogens with zero attached hydrogens (tertiary/aromatic N) is 4. The molecule has 0 saturated carbocycles. The molecule has 0 spiro atoms. The summed E-state index contributed by atoms with van der Waals surface area (Å²) >= 11 is 0. The average Bonchev–Trinajstić information content (AvgIpc) is 3.94. The van der Waals surface area contributed by atoms with Gasteiger partial charge in [0.05, 0.1) is 22.1 Å². The van der Waals surface area contributed by atoms with E-state index in [-0.39, 0.29) is 6.17 Å². The van der Waals surface area contributed by atoms with Crippen LogP contribution in [-0.4, -0.2) is 20.9 Å². The molecular weight excluding hydrogens is 699 g/mol. The first kappa shape index (κ1) is 31.6. The van der Waals surface area contributed by atoms with Crippen LogP contribution in [0.3, 0.4) is 0 Å². The molecule has 0 fully saturated rings. The molecule has 6 heteroatoms. The third kappa shape index (κ3) is 4.97. The highest BCUT2D eigenvalue weighted by Crippen LogP contribution is 2.38. The minimum atomic E-state index is -0.338. The number of aromatic nitrogens is 2. The van der Waals surface area contributed by atoms with Crippen LogP contribution in [0.2, 0.25) is 0 Å². The maximum Gasteiger partial charge on any atom is 0.234 e. The second-order valence-corrected chi connectivity index (χ2v) is 14.7. The number of hydrogen-bond acceptors (Lipinski definition) is 4. The number of benzene rings is 8. The zero-order valence-electron chi connectivity index (χ0n) is 30.7. The van der Waals surface area contributed by atoms with Crippen molar-refractivity contribution in [2.45, 2.75) is 6.17 Å². The Morgan fingerprint density at radius 1 is 0.421 bits per heavy atom. The van der Waals surface area contributed by atoms with E-state index < -0.39 is 0 Å². The molecule has 1 unspecified atom stereocenters. The van der Waals surface area contributed by atoms with Crippen LogP contribution in [0.4, 0.5) is 0 Å². The van der Waals surface area contributed by atoms with Gasteiger partial charge in [-0.1, -0.05) is 121 Å². The number of amidine groups is 1. The molecule has 11 aromatic rings. The van der Waals surface area contributed by atoms with E-state index in [0.29, 0.717) is 5.96 Å². The molecule has 6 nitrogen and oxygen atoms in total. The number of nitrogens with one attached hydrogen (secondary N) is 1. The van der Waals surface area contributed by atoms with Crippen molar-refractivity contribution in [3.63, 3.8) is 0 Å². The van der Waals surface area contributed by atoms with Gasteiger partial charge in [0.15, 0.2) is 0 Å². The lowest BCUT2D eigenvalue weighted by Crippen LogP contribution is -2.35. The van der Waals surface area contributed by atoms with Crippen LogP contribution >= 0.6 is 0 Å². The van der Waals surface area contributed by atoms with Crippen molar-refractivity contribution in [3.8, 4) is 16.8 Å². The van der Waals surface area contributed by atoms with Crippen molar-refractivity contribution in [1.29, 1.82) is 0 Å². The molecule has 1 atom stereocenters. The summed E-state index contributed by atoms with van der Waals surface area (Å²) < 4.78 is 11.0. The quantitative estimate of drug-likeness (QED) is 0.196. The predicted octanol–water partition coefficient (Wildman–Crippen LogP) is 12.4. The topological polar surface area (TPSA) is 59.8 Å². The summed E-state index contributed by atoms with van der Waals surface area (Å²) in [6.45, 7) is 0. The summed E-state index contributed by atoms with van der Waals surface area (Å²) in [6.07, 6.45) is -0.338. The molecule has 0 amide bonds. The molecule has 1 aliphatic rings. The second-order valence-electron chi connectivity index (χ2n) is 14.7. The van der Waals surface area contributed by atoms with Crippen molar-refractivity contribution in [2.24, 2.45) is 9.98 Å². The number of para-hydroxylation sites is 3. The zero-order chi connectivity index (χ0) is 37.5. The first-order chi connectivity index (χ1) is 28.2. The minimum Gasteiger partial charge on any atom is -0.456 e. The predicted molar refractivity (Wildman–Crippen MR) is 235 cm³/mol. The summed E-state index contributed by atoms with van der Waals surface area (Å²) in [5.41, 5.74) is 11.6. The van der Waals surface area contributed by atoms with Crippen LogP contribution in [0.1, 0.15) is 17.3 Å². The first-order valence-electron chi connectivity index (χ1n) is 19.3. The molecule has 0 aliphatic carbocycles. The summed E-state index contributed by atoms with van der Waals surface area (Å²) in [5, 5.41) is 10.5. The van der Waals surface area contributed by atoms with Crippen molar-refractivity contribution in [3.05, 3.63) is 199 Å². The molecular formula is C51H33N5O. The Morgan fingerprint density at radius 2 is 0.965 bits per heavy atom. The fraction of sp³-hybridized carbons (Fsp3) is 0.0196. The maximum atomic E-state index is 6.48. The molecule has 3 aromatic heterocycles. The standard InChI is InChI=1S/C51H33N5O/c1-3-13-32(14-4-1)34-23-26-46-40(29-34)39-19-9-10-20-43(39)55(46)36-25-28-48-42(31-36)41-30-35(24-27-47(41)57-48)50-52-49(33-15-5-2-6-16-33)53-51(54-50)56-44-21-11-7-17-37(44)38-18-8-12-22-45(38)56/h1-31,49H,(H,52,53,54). The summed E-state index contributed by atoms with van der Waals surface area (Å²) in [7, 11) is 0. The molecule has 268 valence electrons. The largest absolute Gasteiger partial charge is 0.456 e. The van der Waals surface area contributed by atoms with Crippen LogP contribution in [0, 0.1) is 0 Å². The fourth-order valence-electron chi connectivity index (χ4n) is 8.74. The molecule has 0 saturated heterocycles. The normalized spacial score (nSPS) is 14.5. The molecule has 12 rings (SSSR count). The van der Waals surface area contributed by atoms with Crippen LogP contribution < -0.4 is 5.32 Å². The number of furan rings is 1. The van der Waals surface area contributed by atoms with Gasteiger partial charge in [-0.2, -0.15) is 4.99 Å². The van der Waals surface area contributed by atoms with E-state index in [2.05, 4.69) is 196 Å². The monoisotopic (exact) mass is 731 g/mol. The Labute approximate surface area is 327 Å². The Hall–Kier alpha value is -7.70. The van der Waals surface area contributed by atoms with Gasteiger partial charge in [-0.05, 0) is 83.4 Å². The van der Waals surface area contributed by atoms with Crippen LogP contribution in [-0.2, 0) is 0 Å². The lowest BCUT2D eigenvalue weighted by atomic mass is 10.0. The van der Waals surface area contributed by atoms with Gasteiger partial charge in [0.2, 0.25) is 5.96 Å². The van der Waals surface area contributed by atoms with Gasteiger partial charge in [0, 0.05) is 43.6 Å². The second kappa shape index (κ2) is 12.4. The molecule has 1 aliphatic heterocycles. The van der Waals surface area contributed by atoms with Gasteiger partial charge in [-0.3, -0.25) is 4.57 Å². The van der Waals surface area contributed by atoms with Crippen LogP contribution in [0.15, 0.2) is 202 Å². The van der Waals surface area contributed by atoms with E-state index in [9.17, 15) is 0 Å². The van der Waals surface area contributed by atoms with Crippen molar-refractivity contribution in [1.82, 2.24) is 14.5 Å². The van der Waals surface area contributed by atoms with Gasteiger partial charge in [0.1, 0.15) is 23.2 Å². The number of hydrogen-bond donors (Lipinski definition) is 1. The van der Waals surface area contributed by atoms with E-state index >= 15 is 0 Å². The van der Waals surface area contributed by atoms with Crippen molar-refractivity contribution in [2.75, 3.05) is 0 Å². The first-order valence-corrected chi connectivity index (χ1v) is 19.3. The Morgan fingerprint density at radius 3 is 1.68 bits per heavy atom. The van der Waals surface area contributed by atoms with E-state index in [1.54, 1.807) is 0 Å². The molecule has 0 radical (unpaired) electrons. The van der Waals surface area contributed by atoms with Crippen LogP contribution in [0.25, 0.3) is 82.4 Å². The van der Waals surface area contributed by atoms with Gasteiger partial charge in [-0.15, -0.1) is 0 Å². The Bertz CT molecular complexity index is 3390. The molecule has 8 aromatic carbocycles. The Balaban J connectivity index is 1.02. The van der Waals surface area contributed by atoms with E-state index in [4.69, 9.17) is 14.4 Å². The van der Waals surface area contributed by atoms with Crippen LogP contribution in [0.5, 0.6) is 0 Å². The Kier molecular flexibility index (Phi) is 6.89. The third-order valence-electron chi connectivity index (χ3n) is 11.4. The lowest BCUT2D eigenvalue weighted by Gasteiger charge is -2.24. The molecule has 57 heavy (non-hydrogen) atoms. The molecule has 1 N–H and O–H groups in total. The van der Waals surface area contributed by atoms with Gasteiger partial charge < -0.3 is 14.3 Å². The average molecular weight is 732 g/mol. The number of aliphatic imine (C=N–C) groups is 2. The van der Waals surface area contributed by atoms with Gasteiger partial charge in [0.25, 0.3) is 0 Å². The highest BCUT2D eigenvalue weighted by atomic mass is 16.3. The zero-order valence-corrected chi connectivity index (χ0v) is 30.7. The minimum absolute atomic E-state index is 0.338. The van der Waals surface area contributed by atoms with E-state index in [0.717, 1.165) is 66.7 Å². The third-order valence-corrected chi connectivity index (χ3v) is 11.4. The van der Waals surface area contributed by atoms with Crippen molar-refractivity contribution >= 4 is 77.3 Å². The highest BCUT2D eigenvalue weighted by molar-refractivity contribution is 6.18. The summed E-state index contributed by atoms with van der Waals surface area (Å²) in [6, 6.07) is 66.2. The fourth-order valence-corrected chi connectivity index (χ4v) is 8.74. The lowest BCUT2D eigenvalue weighted by molar-refractivity contribution is 0.667. The van der Waals surface area contributed by atoms with Gasteiger partial charge in [-0.25, -0.2) is 4.99 Å².